The molecule has 0 aliphatic carbocycles. The quantitative estimate of drug-likeness (QED) is 0.901. The Morgan fingerprint density at radius 1 is 1.42 bits per heavy atom. The van der Waals surface area contributed by atoms with Crippen LogP contribution in [0.25, 0.3) is 0 Å². The molecular formula is C14H20BrFN2O. The minimum atomic E-state index is -0.287. The second-order valence-corrected chi connectivity index (χ2v) is 5.91. The third-order valence-electron chi connectivity index (χ3n) is 3.45. The second-order valence-electron chi connectivity index (χ2n) is 5.00. The number of ether oxygens (including phenoxy) is 1. The van der Waals surface area contributed by atoms with Gasteiger partial charge in [0.25, 0.3) is 0 Å². The van der Waals surface area contributed by atoms with Crippen molar-refractivity contribution in [2.24, 2.45) is 11.7 Å². The van der Waals surface area contributed by atoms with Crippen LogP contribution in [0.5, 0.6) is 5.75 Å². The van der Waals surface area contributed by atoms with Gasteiger partial charge in [0.1, 0.15) is 18.2 Å². The highest BCUT2D eigenvalue weighted by atomic mass is 79.9. The molecule has 2 N–H and O–H groups in total. The van der Waals surface area contributed by atoms with Crippen LogP contribution in [-0.2, 0) is 0 Å². The lowest BCUT2D eigenvalue weighted by atomic mass is 9.98. The Morgan fingerprint density at radius 3 is 3.00 bits per heavy atom. The second kappa shape index (κ2) is 7.22. The molecule has 106 valence electrons. The summed E-state index contributed by atoms with van der Waals surface area (Å²) in [4.78, 5) is 2.37. The Morgan fingerprint density at radius 2 is 2.26 bits per heavy atom. The van der Waals surface area contributed by atoms with Gasteiger partial charge in [-0.05, 0) is 44.0 Å². The van der Waals surface area contributed by atoms with E-state index in [0.717, 1.165) is 26.2 Å². The van der Waals surface area contributed by atoms with Crippen molar-refractivity contribution < 1.29 is 9.13 Å². The molecule has 1 aromatic carbocycles. The van der Waals surface area contributed by atoms with E-state index in [4.69, 9.17) is 10.5 Å². The van der Waals surface area contributed by atoms with Crippen molar-refractivity contribution >= 4 is 15.9 Å². The lowest BCUT2D eigenvalue weighted by molar-refractivity contribution is 0.149. The summed E-state index contributed by atoms with van der Waals surface area (Å²) in [5.41, 5.74) is 5.71. The SMILES string of the molecule is NCC1CCCN(CCOc2cc(F)cc(Br)c2)C1. The van der Waals surface area contributed by atoms with E-state index in [1.165, 1.54) is 25.0 Å². The lowest BCUT2D eigenvalue weighted by Crippen LogP contribution is -2.40. The maximum Gasteiger partial charge on any atom is 0.128 e. The van der Waals surface area contributed by atoms with Gasteiger partial charge in [-0.15, -0.1) is 0 Å². The van der Waals surface area contributed by atoms with Gasteiger partial charge in [-0.1, -0.05) is 15.9 Å². The van der Waals surface area contributed by atoms with Crippen LogP contribution < -0.4 is 10.5 Å². The van der Waals surface area contributed by atoms with Crippen molar-refractivity contribution in [3.05, 3.63) is 28.5 Å². The summed E-state index contributed by atoms with van der Waals surface area (Å²) in [6.07, 6.45) is 2.43. The number of nitrogens with zero attached hydrogens (tertiary/aromatic N) is 1. The topological polar surface area (TPSA) is 38.5 Å². The zero-order valence-electron chi connectivity index (χ0n) is 10.9. The monoisotopic (exact) mass is 330 g/mol. The van der Waals surface area contributed by atoms with Crippen molar-refractivity contribution in [1.29, 1.82) is 0 Å². The maximum atomic E-state index is 13.2. The molecule has 1 aliphatic rings. The van der Waals surface area contributed by atoms with Crippen molar-refractivity contribution in [2.45, 2.75) is 12.8 Å². The van der Waals surface area contributed by atoms with Crippen LogP contribution in [0.4, 0.5) is 4.39 Å². The molecule has 3 nitrogen and oxygen atoms in total. The zero-order chi connectivity index (χ0) is 13.7. The first kappa shape index (κ1) is 14.8. The van der Waals surface area contributed by atoms with E-state index in [-0.39, 0.29) is 5.82 Å². The van der Waals surface area contributed by atoms with Gasteiger partial charge < -0.3 is 10.5 Å². The van der Waals surface area contributed by atoms with Crippen LogP contribution in [0.2, 0.25) is 0 Å². The van der Waals surface area contributed by atoms with Crippen LogP contribution >= 0.6 is 15.9 Å². The van der Waals surface area contributed by atoms with Crippen LogP contribution in [-0.4, -0.2) is 37.7 Å². The molecule has 1 heterocycles. The molecule has 19 heavy (non-hydrogen) atoms. The van der Waals surface area contributed by atoms with Gasteiger partial charge in [0, 0.05) is 23.6 Å². The van der Waals surface area contributed by atoms with E-state index in [9.17, 15) is 4.39 Å². The normalized spacial score (nSPS) is 20.5. The molecule has 2 rings (SSSR count). The third kappa shape index (κ3) is 4.75. The van der Waals surface area contributed by atoms with Crippen molar-refractivity contribution in [3.63, 3.8) is 0 Å². The van der Waals surface area contributed by atoms with Gasteiger partial charge in [-0.25, -0.2) is 4.39 Å². The summed E-state index contributed by atoms with van der Waals surface area (Å²) in [6, 6.07) is 4.61. The number of piperidine rings is 1. The van der Waals surface area contributed by atoms with Gasteiger partial charge in [-0.2, -0.15) is 0 Å². The van der Waals surface area contributed by atoms with Gasteiger partial charge in [0.15, 0.2) is 0 Å². The van der Waals surface area contributed by atoms with E-state index in [1.807, 2.05) is 0 Å². The van der Waals surface area contributed by atoms with Gasteiger partial charge in [0.2, 0.25) is 0 Å². The fourth-order valence-electron chi connectivity index (χ4n) is 2.45. The fraction of sp³-hybridized carbons (Fsp3) is 0.571. The predicted octanol–water partition coefficient (Wildman–Crippen LogP) is 2.64. The molecule has 0 spiro atoms. The van der Waals surface area contributed by atoms with Crippen LogP contribution in [0, 0.1) is 11.7 Å². The summed E-state index contributed by atoms with van der Waals surface area (Å²) in [6.45, 7) is 4.35. The Kier molecular flexibility index (Phi) is 5.60. The highest BCUT2D eigenvalue weighted by Gasteiger charge is 2.18. The zero-order valence-corrected chi connectivity index (χ0v) is 12.5. The first-order valence-corrected chi connectivity index (χ1v) is 7.48. The number of rotatable bonds is 5. The number of benzene rings is 1. The Labute approximate surface area is 122 Å². The van der Waals surface area contributed by atoms with E-state index in [2.05, 4.69) is 20.8 Å². The van der Waals surface area contributed by atoms with Crippen molar-refractivity contribution in [2.75, 3.05) is 32.8 Å². The van der Waals surface area contributed by atoms with Crippen LogP contribution in [0.3, 0.4) is 0 Å². The number of hydrogen-bond acceptors (Lipinski definition) is 3. The first-order chi connectivity index (χ1) is 9.17. The average Bonchev–Trinajstić information content (AvgIpc) is 2.38. The largest absolute Gasteiger partial charge is 0.492 e. The molecular weight excluding hydrogens is 311 g/mol. The number of likely N-dealkylation sites (tertiary alicyclic amines) is 1. The Hall–Kier alpha value is -0.650. The average molecular weight is 331 g/mol. The number of halogens is 2. The van der Waals surface area contributed by atoms with Crippen LogP contribution in [0.15, 0.2) is 22.7 Å². The van der Waals surface area contributed by atoms with Gasteiger partial charge in [0.05, 0.1) is 0 Å². The molecule has 5 heteroatoms. The molecule has 1 fully saturated rings. The summed E-state index contributed by atoms with van der Waals surface area (Å²) in [5, 5.41) is 0. The number of nitrogens with two attached hydrogens (primary N) is 1. The molecule has 0 aromatic heterocycles. The number of hydrogen-bond donors (Lipinski definition) is 1. The maximum absolute atomic E-state index is 13.2. The fourth-order valence-corrected chi connectivity index (χ4v) is 2.90. The van der Waals surface area contributed by atoms with Gasteiger partial charge >= 0.3 is 0 Å². The Balaban J connectivity index is 1.76. The van der Waals surface area contributed by atoms with E-state index < -0.39 is 0 Å². The molecule has 0 saturated carbocycles. The molecule has 0 bridgehead atoms. The molecule has 1 aliphatic heterocycles. The molecule has 0 radical (unpaired) electrons. The highest BCUT2D eigenvalue weighted by Crippen LogP contribution is 2.21. The minimum Gasteiger partial charge on any atom is -0.492 e. The minimum absolute atomic E-state index is 0.287. The van der Waals surface area contributed by atoms with Crippen molar-refractivity contribution in [3.8, 4) is 5.75 Å². The summed E-state index contributed by atoms with van der Waals surface area (Å²) >= 11 is 3.25. The Bertz CT molecular complexity index is 396. The molecule has 1 unspecified atom stereocenters. The highest BCUT2D eigenvalue weighted by molar-refractivity contribution is 9.10. The van der Waals surface area contributed by atoms with E-state index in [0.29, 0.717) is 22.7 Å². The molecule has 1 aromatic rings. The molecule has 1 saturated heterocycles. The summed E-state index contributed by atoms with van der Waals surface area (Å²) in [5.74, 6) is 0.891. The third-order valence-corrected chi connectivity index (χ3v) is 3.91. The van der Waals surface area contributed by atoms with Gasteiger partial charge in [-0.3, -0.25) is 4.90 Å². The standard InChI is InChI=1S/C14H20BrFN2O/c15-12-6-13(16)8-14(7-12)19-5-4-18-3-1-2-11(9-17)10-18/h6-8,11H,1-5,9-10,17H2. The van der Waals surface area contributed by atoms with Crippen molar-refractivity contribution in [1.82, 2.24) is 4.90 Å². The van der Waals surface area contributed by atoms with E-state index >= 15 is 0 Å². The molecule has 0 amide bonds. The molecule has 1 atom stereocenters. The lowest BCUT2D eigenvalue weighted by Gasteiger charge is -2.31. The summed E-state index contributed by atoms with van der Waals surface area (Å²) in [7, 11) is 0. The van der Waals surface area contributed by atoms with E-state index in [1.54, 1.807) is 6.07 Å². The predicted molar refractivity (Wildman–Crippen MR) is 77.8 cm³/mol. The smallest absolute Gasteiger partial charge is 0.128 e. The summed E-state index contributed by atoms with van der Waals surface area (Å²) < 4.78 is 19.5. The van der Waals surface area contributed by atoms with Crippen LogP contribution in [0.1, 0.15) is 12.8 Å². The first-order valence-electron chi connectivity index (χ1n) is 6.68.